The van der Waals surface area contributed by atoms with Crippen LogP contribution in [0.5, 0.6) is 0 Å². The molecule has 0 aliphatic heterocycles. The molecule has 0 aromatic heterocycles. The molecular weight excluding hydrogens is 178 g/mol. The highest BCUT2D eigenvalue weighted by Crippen LogP contribution is 2.27. The summed E-state index contributed by atoms with van der Waals surface area (Å²) in [4.78, 5) is 10.6. The number of benzene rings is 1. The average Bonchev–Trinajstić information content (AvgIpc) is 2.01. The Hall–Kier alpha value is -1.51. The molecule has 0 saturated carbocycles. The highest BCUT2D eigenvalue weighted by atomic mass is 16.4. The van der Waals surface area contributed by atoms with E-state index in [1.165, 1.54) is 0 Å². The standard InChI is InChI=1S/C11H15NO2/c1-11(2,7-10(13)14)8-4-3-5-9(12)6-8/h3-6H,7,12H2,1-2H3,(H,13,14). The van der Waals surface area contributed by atoms with Gasteiger partial charge in [0.15, 0.2) is 0 Å². The Morgan fingerprint density at radius 1 is 1.50 bits per heavy atom. The number of nitrogen functional groups attached to an aromatic ring is 1. The molecule has 76 valence electrons. The average molecular weight is 193 g/mol. The van der Waals surface area contributed by atoms with Crippen molar-refractivity contribution in [1.82, 2.24) is 0 Å². The molecule has 0 unspecified atom stereocenters. The Kier molecular flexibility index (Phi) is 2.79. The molecule has 0 aliphatic rings. The number of carbonyl (C=O) groups is 1. The van der Waals surface area contributed by atoms with Crippen molar-refractivity contribution in [3.63, 3.8) is 0 Å². The van der Waals surface area contributed by atoms with Gasteiger partial charge in [-0.25, -0.2) is 0 Å². The van der Waals surface area contributed by atoms with Crippen LogP contribution in [0, 0.1) is 0 Å². The molecule has 0 atom stereocenters. The first-order valence-corrected chi connectivity index (χ1v) is 4.49. The van der Waals surface area contributed by atoms with Gasteiger partial charge in [-0.15, -0.1) is 0 Å². The van der Waals surface area contributed by atoms with E-state index in [0.717, 1.165) is 5.56 Å². The molecule has 1 rings (SSSR count). The SMILES string of the molecule is CC(C)(CC(=O)O)c1cccc(N)c1. The lowest BCUT2D eigenvalue weighted by atomic mass is 9.81. The second-order valence-corrected chi connectivity index (χ2v) is 4.08. The Balaban J connectivity index is 2.97. The van der Waals surface area contributed by atoms with Crippen molar-refractivity contribution in [3.05, 3.63) is 29.8 Å². The van der Waals surface area contributed by atoms with E-state index in [2.05, 4.69) is 0 Å². The summed E-state index contributed by atoms with van der Waals surface area (Å²) in [6.45, 7) is 3.80. The van der Waals surface area contributed by atoms with E-state index in [1.54, 1.807) is 6.07 Å². The van der Waals surface area contributed by atoms with Crippen LogP contribution in [0.3, 0.4) is 0 Å². The third-order valence-electron chi connectivity index (χ3n) is 2.26. The number of rotatable bonds is 3. The van der Waals surface area contributed by atoms with Crippen LogP contribution < -0.4 is 5.73 Å². The minimum absolute atomic E-state index is 0.108. The van der Waals surface area contributed by atoms with Crippen LogP contribution >= 0.6 is 0 Å². The second kappa shape index (κ2) is 3.70. The normalized spacial score (nSPS) is 11.3. The fourth-order valence-electron chi connectivity index (χ4n) is 1.44. The maximum Gasteiger partial charge on any atom is 0.304 e. The predicted octanol–water partition coefficient (Wildman–Crippen LogP) is 2.02. The first kappa shape index (κ1) is 10.6. The topological polar surface area (TPSA) is 63.3 Å². The summed E-state index contributed by atoms with van der Waals surface area (Å²) in [6, 6.07) is 7.36. The molecule has 3 heteroatoms. The number of carboxylic acid groups (broad SMARTS) is 1. The van der Waals surface area contributed by atoms with Crippen LogP contribution in [0.25, 0.3) is 0 Å². The Morgan fingerprint density at radius 3 is 2.64 bits per heavy atom. The van der Waals surface area contributed by atoms with Crippen molar-refractivity contribution in [1.29, 1.82) is 0 Å². The lowest BCUT2D eigenvalue weighted by Gasteiger charge is -2.23. The molecule has 0 saturated heterocycles. The van der Waals surface area contributed by atoms with Gasteiger partial charge in [-0.3, -0.25) is 4.79 Å². The highest BCUT2D eigenvalue weighted by molar-refractivity contribution is 5.69. The monoisotopic (exact) mass is 193 g/mol. The molecule has 1 aromatic rings. The number of hydrogen-bond acceptors (Lipinski definition) is 2. The van der Waals surface area contributed by atoms with Gasteiger partial charge in [0.25, 0.3) is 0 Å². The zero-order valence-electron chi connectivity index (χ0n) is 8.45. The molecular formula is C11H15NO2. The van der Waals surface area contributed by atoms with E-state index in [0.29, 0.717) is 5.69 Å². The molecule has 3 N–H and O–H groups in total. The third kappa shape index (κ3) is 2.49. The predicted molar refractivity (Wildman–Crippen MR) is 56.1 cm³/mol. The first-order valence-electron chi connectivity index (χ1n) is 4.49. The highest BCUT2D eigenvalue weighted by Gasteiger charge is 2.23. The van der Waals surface area contributed by atoms with Crippen LogP contribution in [-0.4, -0.2) is 11.1 Å². The summed E-state index contributed by atoms with van der Waals surface area (Å²) < 4.78 is 0. The van der Waals surface area contributed by atoms with Gasteiger partial charge < -0.3 is 10.8 Å². The number of nitrogens with two attached hydrogens (primary N) is 1. The molecule has 1 aromatic carbocycles. The van der Waals surface area contributed by atoms with Crippen LogP contribution in [0.4, 0.5) is 5.69 Å². The van der Waals surface area contributed by atoms with Gasteiger partial charge in [0, 0.05) is 11.1 Å². The van der Waals surface area contributed by atoms with Gasteiger partial charge in [0.1, 0.15) is 0 Å². The smallest absolute Gasteiger partial charge is 0.304 e. The van der Waals surface area contributed by atoms with Crippen molar-refractivity contribution in [2.75, 3.05) is 5.73 Å². The molecule has 0 heterocycles. The Labute approximate surface area is 83.6 Å². The minimum Gasteiger partial charge on any atom is -0.481 e. The number of anilines is 1. The second-order valence-electron chi connectivity index (χ2n) is 4.08. The maximum absolute atomic E-state index is 10.6. The fourth-order valence-corrected chi connectivity index (χ4v) is 1.44. The summed E-state index contributed by atoms with van der Waals surface area (Å²) >= 11 is 0. The van der Waals surface area contributed by atoms with Crippen molar-refractivity contribution in [2.24, 2.45) is 0 Å². The summed E-state index contributed by atoms with van der Waals surface area (Å²) in [5, 5.41) is 8.75. The van der Waals surface area contributed by atoms with Gasteiger partial charge in [0.2, 0.25) is 0 Å². The number of hydrogen-bond donors (Lipinski definition) is 2. The number of carboxylic acids is 1. The quantitative estimate of drug-likeness (QED) is 0.722. The molecule has 0 amide bonds. The molecule has 0 radical (unpaired) electrons. The zero-order chi connectivity index (χ0) is 10.8. The summed E-state index contributed by atoms with van der Waals surface area (Å²) in [5.41, 5.74) is 6.89. The van der Waals surface area contributed by atoms with E-state index in [4.69, 9.17) is 10.8 Å². The van der Waals surface area contributed by atoms with Crippen LogP contribution in [0.15, 0.2) is 24.3 Å². The minimum atomic E-state index is -0.794. The van der Waals surface area contributed by atoms with E-state index in [9.17, 15) is 4.79 Å². The van der Waals surface area contributed by atoms with Crippen molar-refractivity contribution in [3.8, 4) is 0 Å². The van der Waals surface area contributed by atoms with Gasteiger partial charge in [-0.2, -0.15) is 0 Å². The van der Waals surface area contributed by atoms with Crippen LogP contribution in [-0.2, 0) is 10.2 Å². The van der Waals surface area contributed by atoms with Crippen LogP contribution in [0.2, 0.25) is 0 Å². The van der Waals surface area contributed by atoms with Gasteiger partial charge in [-0.1, -0.05) is 26.0 Å². The lowest BCUT2D eigenvalue weighted by Crippen LogP contribution is -2.21. The van der Waals surface area contributed by atoms with Crippen molar-refractivity contribution in [2.45, 2.75) is 25.7 Å². The van der Waals surface area contributed by atoms with E-state index >= 15 is 0 Å². The van der Waals surface area contributed by atoms with Crippen molar-refractivity contribution >= 4 is 11.7 Å². The summed E-state index contributed by atoms with van der Waals surface area (Å²) in [5.74, 6) is -0.794. The van der Waals surface area contributed by atoms with E-state index in [-0.39, 0.29) is 11.8 Å². The van der Waals surface area contributed by atoms with Gasteiger partial charge in [-0.05, 0) is 17.7 Å². The molecule has 14 heavy (non-hydrogen) atoms. The van der Waals surface area contributed by atoms with E-state index in [1.807, 2.05) is 32.0 Å². The molecule has 0 bridgehead atoms. The molecule has 0 spiro atoms. The van der Waals surface area contributed by atoms with E-state index < -0.39 is 5.97 Å². The summed E-state index contributed by atoms with van der Waals surface area (Å²) in [7, 11) is 0. The first-order chi connectivity index (χ1) is 6.42. The van der Waals surface area contributed by atoms with Crippen LogP contribution in [0.1, 0.15) is 25.8 Å². The molecule has 0 aliphatic carbocycles. The Bertz CT molecular complexity index is 345. The third-order valence-corrected chi connectivity index (χ3v) is 2.26. The maximum atomic E-state index is 10.6. The molecule has 0 fully saturated rings. The van der Waals surface area contributed by atoms with Crippen molar-refractivity contribution < 1.29 is 9.90 Å². The van der Waals surface area contributed by atoms with Gasteiger partial charge >= 0.3 is 5.97 Å². The lowest BCUT2D eigenvalue weighted by molar-refractivity contribution is -0.138. The number of aliphatic carboxylic acids is 1. The Morgan fingerprint density at radius 2 is 2.14 bits per heavy atom. The molecule has 3 nitrogen and oxygen atoms in total. The summed E-state index contributed by atoms with van der Waals surface area (Å²) in [6.07, 6.45) is 0.108. The van der Waals surface area contributed by atoms with Gasteiger partial charge in [0.05, 0.1) is 6.42 Å². The fraction of sp³-hybridized carbons (Fsp3) is 0.364. The largest absolute Gasteiger partial charge is 0.481 e. The zero-order valence-corrected chi connectivity index (χ0v) is 8.45.